The van der Waals surface area contributed by atoms with Gasteiger partial charge >= 0.3 is 11.7 Å². The molecule has 0 radical (unpaired) electrons. The minimum atomic E-state index is -0.515. The number of aryl methyl sites for hydroxylation is 1. The summed E-state index contributed by atoms with van der Waals surface area (Å²) in [5.74, 6) is -0.424. The van der Waals surface area contributed by atoms with Crippen LogP contribution in [-0.4, -0.2) is 32.2 Å². The molecule has 0 unspecified atom stereocenters. The van der Waals surface area contributed by atoms with Gasteiger partial charge in [-0.15, -0.1) is 0 Å². The van der Waals surface area contributed by atoms with Crippen molar-refractivity contribution in [3.8, 4) is 11.1 Å². The maximum absolute atomic E-state index is 12.5. The lowest BCUT2D eigenvalue weighted by atomic mass is 10.0. The average Bonchev–Trinajstić information content (AvgIpc) is 3.15. The number of nitrogens with one attached hydrogen (secondary N) is 1. The molecule has 0 amide bonds. The quantitative estimate of drug-likeness (QED) is 0.309. The molecular weight excluding hydrogens is 511 g/mol. The van der Waals surface area contributed by atoms with Gasteiger partial charge in [-0.05, 0) is 30.2 Å². The highest BCUT2D eigenvalue weighted by Crippen LogP contribution is 2.33. The fourth-order valence-corrected chi connectivity index (χ4v) is 4.29. The largest absolute Gasteiger partial charge is 0.459 e. The minimum absolute atomic E-state index is 0.0509. The van der Waals surface area contributed by atoms with Crippen LogP contribution in [0.15, 0.2) is 70.4 Å². The van der Waals surface area contributed by atoms with Crippen LogP contribution in [0.2, 0.25) is 0 Å². The third kappa shape index (κ3) is 4.80. The van der Waals surface area contributed by atoms with Crippen LogP contribution in [0, 0.1) is 6.92 Å². The van der Waals surface area contributed by atoms with Crippen molar-refractivity contribution >= 4 is 28.6 Å². The van der Waals surface area contributed by atoms with Gasteiger partial charge in [-0.25, -0.2) is 9.59 Å². The minimum Gasteiger partial charge on any atom is -0.459 e. The van der Waals surface area contributed by atoms with Crippen molar-refractivity contribution in [1.29, 1.82) is 0 Å². The first kappa shape index (κ1) is 21.5. The van der Waals surface area contributed by atoms with E-state index in [-0.39, 0.29) is 16.6 Å². The van der Waals surface area contributed by atoms with Crippen LogP contribution in [0.25, 0.3) is 11.1 Å². The van der Waals surface area contributed by atoms with Crippen LogP contribution in [0.4, 0.5) is 0 Å². The first-order valence-corrected chi connectivity index (χ1v) is 11.1. The Morgan fingerprint density at radius 1 is 1.13 bits per heavy atom. The number of aromatic amines is 1. The van der Waals surface area contributed by atoms with Crippen LogP contribution in [0.5, 0.6) is 0 Å². The molecule has 1 aliphatic heterocycles. The molecule has 8 heteroatoms. The molecule has 0 spiro atoms. The SMILES string of the molecule is Cc1cn([C@H]2C[C@@H](I)[C@@H](COC(=O)c3ccc(-c4ccccc4)cc3)O2)c(=O)[nH]c1=O. The lowest BCUT2D eigenvalue weighted by molar-refractivity contribution is -0.0327. The fourth-order valence-electron chi connectivity index (χ4n) is 3.48. The summed E-state index contributed by atoms with van der Waals surface area (Å²) in [5.41, 5.74) is 2.07. The first-order chi connectivity index (χ1) is 14.9. The van der Waals surface area contributed by atoms with Crippen LogP contribution in [0.3, 0.4) is 0 Å². The zero-order chi connectivity index (χ0) is 22.0. The molecule has 1 aliphatic rings. The van der Waals surface area contributed by atoms with Gasteiger partial charge in [0.25, 0.3) is 5.56 Å². The Kier molecular flexibility index (Phi) is 6.38. The molecule has 0 bridgehead atoms. The fraction of sp³-hybridized carbons (Fsp3) is 0.261. The van der Waals surface area contributed by atoms with E-state index >= 15 is 0 Å². The summed E-state index contributed by atoms with van der Waals surface area (Å²) in [6, 6.07) is 17.2. The van der Waals surface area contributed by atoms with E-state index in [1.165, 1.54) is 10.8 Å². The van der Waals surface area contributed by atoms with Gasteiger partial charge in [-0.2, -0.15) is 0 Å². The van der Waals surface area contributed by atoms with Gasteiger partial charge in [-0.3, -0.25) is 14.3 Å². The zero-order valence-electron chi connectivity index (χ0n) is 16.8. The number of halogens is 1. The molecule has 1 N–H and O–H groups in total. The predicted octanol–water partition coefficient (Wildman–Crippen LogP) is 3.46. The lowest BCUT2D eigenvalue weighted by Gasteiger charge is -2.16. The van der Waals surface area contributed by atoms with E-state index in [0.717, 1.165) is 11.1 Å². The van der Waals surface area contributed by atoms with Crippen LogP contribution in [0.1, 0.15) is 28.6 Å². The van der Waals surface area contributed by atoms with Gasteiger partial charge in [0, 0.05) is 22.1 Å². The van der Waals surface area contributed by atoms with Crippen molar-refractivity contribution in [2.24, 2.45) is 0 Å². The number of nitrogens with zero attached hydrogens (tertiary/aromatic N) is 1. The maximum atomic E-state index is 12.5. The number of carbonyl (C=O) groups is 1. The molecule has 4 rings (SSSR count). The van der Waals surface area contributed by atoms with Gasteiger partial charge in [0.05, 0.1) is 5.56 Å². The topological polar surface area (TPSA) is 90.4 Å². The Hall–Kier alpha value is -2.72. The van der Waals surface area contributed by atoms with E-state index in [1.807, 2.05) is 42.5 Å². The number of benzene rings is 2. The van der Waals surface area contributed by atoms with E-state index in [2.05, 4.69) is 27.6 Å². The van der Waals surface area contributed by atoms with Crippen molar-refractivity contribution in [2.45, 2.75) is 29.6 Å². The van der Waals surface area contributed by atoms with Crippen LogP contribution >= 0.6 is 22.6 Å². The Morgan fingerprint density at radius 3 is 2.52 bits per heavy atom. The normalized spacial score (nSPS) is 20.5. The van der Waals surface area contributed by atoms with E-state index in [0.29, 0.717) is 17.5 Å². The monoisotopic (exact) mass is 532 g/mol. The van der Waals surface area contributed by atoms with Crippen molar-refractivity contribution in [2.75, 3.05) is 6.61 Å². The molecule has 2 heterocycles. The molecule has 0 saturated carbocycles. The second-order valence-electron chi connectivity index (χ2n) is 7.40. The number of rotatable bonds is 5. The summed E-state index contributed by atoms with van der Waals surface area (Å²) in [6.07, 6.45) is 1.20. The Morgan fingerprint density at radius 2 is 1.81 bits per heavy atom. The van der Waals surface area contributed by atoms with E-state index < -0.39 is 23.4 Å². The van der Waals surface area contributed by atoms with Gasteiger partial charge in [-0.1, -0.05) is 65.1 Å². The first-order valence-electron chi connectivity index (χ1n) is 9.86. The lowest BCUT2D eigenvalue weighted by Crippen LogP contribution is -2.33. The third-order valence-electron chi connectivity index (χ3n) is 5.22. The number of aromatic nitrogens is 2. The molecule has 0 aliphatic carbocycles. The Labute approximate surface area is 192 Å². The molecular formula is C23H21IN2O5. The van der Waals surface area contributed by atoms with Gasteiger partial charge in [0.1, 0.15) is 18.9 Å². The van der Waals surface area contributed by atoms with Gasteiger partial charge in [0.2, 0.25) is 0 Å². The molecule has 3 atom stereocenters. The van der Waals surface area contributed by atoms with Crippen molar-refractivity contribution in [1.82, 2.24) is 9.55 Å². The summed E-state index contributed by atoms with van der Waals surface area (Å²) in [4.78, 5) is 38.4. The van der Waals surface area contributed by atoms with Crippen LogP contribution in [-0.2, 0) is 9.47 Å². The smallest absolute Gasteiger partial charge is 0.338 e. The van der Waals surface area contributed by atoms with Gasteiger partial charge < -0.3 is 9.47 Å². The predicted molar refractivity (Wildman–Crippen MR) is 125 cm³/mol. The van der Waals surface area contributed by atoms with Crippen LogP contribution < -0.4 is 11.2 Å². The summed E-state index contributed by atoms with van der Waals surface area (Å²) >= 11 is 2.23. The van der Waals surface area contributed by atoms with E-state index in [4.69, 9.17) is 9.47 Å². The summed E-state index contributed by atoms with van der Waals surface area (Å²) in [6.45, 7) is 1.72. The van der Waals surface area contributed by atoms with Crippen molar-refractivity contribution in [3.63, 3.8) is 0 Å². The molecule has 1 saturated heterocycles. The Bertz CT molecular complexity index is 1190. The highest BCUT2D eigenvalue weighted by atomic mass is 127. The van der Waals surface area contributed by atoms with E-state index in [1.54, 1.807) is 19.1 Å². The van der Waals surface area contributed by atoms with Gasteiger partial charge in [0.15, 0.2) is 0 Å². The van der Waals surface area contributed by atoms with Crippen molar-refractivity contribution < 1.29 is 14.3 Å². The highest BCUT2D eigenvalue weighted by molar-refractivity contribution is 14.1. The number of hydrogen-bond acceptors (Lipinski definition) is 5. The number of esters is 1. The highest BCUT2D eigenvalue weighted by Gasteiger charge is 2.36. The Balaban J connectivity index is 1.38. The number of alkyl halides is 1. The molecule has 31 heavy (non-hydrogen) atoms. The van der Waals surface area contributed by atoms with E-state index in [9.17, 15) is 14.4 Å². The summed E-state index contributed by atoms with van der Waals surface area (Å²) in [5, 5.41) is 0. The second-order valence-corrected chi connectivity index (χ2v) is 9.00. The number of carbonyl (C=O) groups excluding carboxylic acids is 1. The average molecular weight is 532 g/mol. The molecule has 1 fully saturated rings. The summed E-state index contributed by atoms with van der Waals surface area (Å²) in [7, 11) is 0. The zero-order valence-corrected chi connectivity index (χ0v) is 18.9. The molecule has 7 nitrogen and oxygen atoms in total. The number of hydrogen-bond donors (Lipinski definition) is 1. The number of H-pyrrole nitrogens is 1. The van der Waals surface area contributed by atoms with Crippen molar-refractivity contribution in [3.05, 3.63) is 92.8 Å². The molecule has 2 aromatic carbocycles. The maximum Gasteiger partial charge on any atom is 0.338 e. The molecule has 3 aromatic rings. The molecule has 160 valence electrons. The second kappa shape index (κ2) is 9.19. The standard InChI is InChI=1S/C23H21IN2O5/c1-14-12-26(23(29)25-21(14)27)20-11-18(24)19(31-20)13-30-22(28)17-9-7-16(8-10-17)15-5-3-2-4-6-15/h2-10,12,18-20H,11,13H2,1H3,(H,25,27,29)/t18-,19-,20-/m1/s1. The molecule has 1 aromatic heterocycles. The number of ether oxygens (including phenoxy) is 2. The summed E-state index contributed by atoms with van der Waals surface area (Å²) < 4.78 is 12.9. The third-order valence-corrected chi connectivity index (χ3v) is 6.54.